The van der Waals surface area contributed by atoms with E-state index in [2.05, 4.69) is 10.6 Å². The number of phenols is 1. The van der Waals surface area contributed by atoms with Crippen molar-refractivity contribution in [3.8, 4) is 5.75 Å². The van der Waals surface area contributed by atoms with Gasteiger partial charge in [-0.15, -0.1) is 0 Å². The summed E-state index contributed by atoms with van der Waals surface area (Å²) in [5, 5.41) is 16.7. The number of carbonyl (C=O) groups is 4. The lowest BCUT2D eigenvalue weighted by Gasteiger charge is -2.36. The fraction of sp³-hybridized carbons (Fsp3) is 0.436. The number of phenolic OH excluding ortho intramolecular Hbond substituents is 1. The minimum absolute atomic E-state index is 0.0370. The topological polar surface area (TPSA) is 134 Å². The van der Waals surface area contributed by atoms with Crippen LogP contribution in [0, 0.1) is 5.92 Å². The van der Waals surface area contributed by atoms with E-state index in [4.69, 9.17) is 9.47 Å². The van der Waals surface area contributed by atoms with Crippen molar-refractivity contribution < 1.29 is 33.8 Å². The van der Waals surface area contributed by atoms with Gasteiger partial charge in [-0.3, -0.25) is 9.59 Å². The summed E-state index contributed by atoms with van der Waals surface area (Å²) in [6.07, 6.45) is 0.0920. The molecule has 0 bridgehead atoms. The third-order valence-electron chi connectivity index (χ3n) is 8.00. The third kappa shape index (κ3) is 10.8. The van der Waals surface area contributed by atoms with Crippen LogP contribution in [-0.4, -0.2) is 63.2 Å². The molecular weight excluding hydrogens is 622 g/mol. The fourth-order valence-electron chi connectivity index (χ4n) is 5.65. The van der Waals surface area contributed by atoms with E-state index in [-0.39, 0.29) is 36.1 Å². The van der Waals surface area contributed by atoms with Gasteiger partial charge < -0.3 is 30.1 Å². The zero-order valence-electron chi connectivity index (χ0n) is 29.4. The molecule has 1 aliphatic carbocycles. The molecule has 262 valence electrons. The van der Waals surface area contributed by atoms with Gasteiger partial charge in [-0.25, -0.2) is 9.59 Å². The second kappa shape index (κ2) is 15.6. The van der Waals surface area contributed by atoms with Gasteiger partial charge >= 0.3 is 12.1 Å². The number of rotatable bonds is 12. The smallest absolute Gasteiger partial charge is 0.408 e. The van der Waals surface area contributed by atoms with Crippen molar-refractivity contribution in [1.82, 2.24) is 15.5 Å². The normalized spacial score (nSPS) is 17.5. The summed E-state index contributed by atoms with van der Waals surface area (Å²) in [5.41, 5.74) is 0.133. The van der Waals surface area contributed by atoms with Crippen LogP contribution < -0.4 is 10.6 Å². The molecule has 5 unspecified atom stereocenters. The summed E-state index contributed by atoms with van der Waals surface area (Å²) < 4.78 is 11.2. The Morgan fingerprint density at radius 3 is 1.73 bits per heavy atom. The van der Waals surface area contributed by atoms with Crippen molar-refractivity contribution in [2.24, 2.45) is 5.92 Å². The molecule has 1 fully saturated rings. The Balaban J connectivity index is 1.77. The van der Waals surface area contributed by atoms with Gasteiger partial charge in [0.25, 0.3) is 0 Å². The van der Waals surface area contributed by atoms with Crippen LogP contribution in [0.5, 0.6) is 5.75 Å². The summed E-state index contributed by atoms with van der Waals surface area (Å²) in [7, 11) is 0. The van der Waals surface area contributed by atoms with Crippen LogP contribution in [0.1, 0.15) is 77.6 Å². The zero-order valence-corrected chi connectivity index (χ0v) is 29.4. The molecule has 3 amide bonds. The van der Waals surface area contributed by atoms with Gasteiger partial charge in [-0.1, -0.05) is 85.8 Å². The van der Waals surface area contributed by atoms with Crippen LogP contribution in [0.15, 0.2) is 84.9 Å². The standard InChI is InChI=1S/C39H49N3O7/c1-25-22-31(25)42(35(45)29(23-26-16-10-8-11-17-26)41-37(47)49-39(5,6)7)33(28-20-14-15-21-32(28)43)34(44)40-30(36(46)48-38(2,3)4)24-27-18-12-9-13-19-27/h8-21,25,29-31,33,43H,22-24H2,1-7H3,(H,40,44)(H,41,47). The van der Waals surface area contributed by atoms with Gasteiger partial charge in [-0.2, -0.15) is 0 Å². The van der Waals surface area contributed by atoms with Crippen LogP contribution in [0.3, 0.4) is 0 Å². The van der Waals surface area contributed by atoms with E-state index in [1.807, 2.05) is 67.6 Å². The predicted molar refractivity (Wildman–Crippen MR) is 186 cm³/mol. The third-order valence-corrected chi connectivity index (χ3v) is 8.00. The number of benzene rings is 3. The van der Waals surface area contributed by atoms with Gasteiger partial charge in [0.15, 0.2) is 0 Å². The van der Waals surface area contributed by atoms with E-state index >= 15 is 0 Å². The molecule has 0 saturated heterocycles. The molecule has 0 heterocycles. The highest BCUT2D eigenvalue weighted by atomic mass is 16.6. The number of aromatic hydroxyl groups is 1. The first kappa shape index (κ1) is 37.0. The van der Waals surface area contributed by atoms with Crippen molar-refractivity contribution >= 4 is 23.9 Å². The molecular formula is C39H49N3O7. The average molecular weight is 672 g/mol. The molecule has 0 spiro atoms. The largest absolute Gasteiger partial charge is 0.508 e. The Labute approximate surface area is 289 Å². The first-order chi connectivity index (χ1) is 23.0. The van der Waals surface area contributed by atoms with Gasteiger partial charge in [0.05, 0.1) is 0 Å². The predicted octanol–water partition coefficient (Wildman–Crippen LogP) is 5.88. The lowest BCUT2D eigenvalue weighted by Crippen LogP contribution is -2.56. The highest BCUT2D eigenvalue weighted by Gasteiger charge is 2.49. The van der Waals surface area contributed by atoms with Crippen molar-refractivity contribution in [1.29, 1.82) is 0 Å². The Hall–Kier alpha value is -4.86. The van der Waals surface area contributed by atoms with Crippen molar-refractivity contribution in [3.05, 3.63) is 102 Å². The Morgan fingerprint density at radius 1 is 0.755 bits per heavy atom. The monoisotopic (exact) mass is 671 g/mol. The molecule has 1 aliphatic rings. The van der Waals surface area contributed by atoms with Crippen LogP contribution in [0.25, 0.3) is 0 Å². The number of esters is 1. The zero-order chi connectivity index (χ0) is 35.9. The second-order valence-corrected chi connectivity index (χ2v) is 14.7. The van der Waals surface area contributed by atoms with Crippen molar-refractivity contribution in [2.75, 3.05) is 0 Å². The number of para-hydroxylation sites is 1. The van der Waals surface area contributed by atoms with Gasteiger partial charge in [0.1, 0.15) is 35.1 Å². The fourth-order valence-corrected chi connectivity index (χ4v) is 5.65. The maximum atomic E-state index is 14.8. The number of hydrogen-bond acceptors (Lipinski definition) is 7. The Kier molecular flexibility index (Phi) is 11.7. The molecule has 3 aromatic rings. The molecule has 3 N–H and O–H groups in total. The first-order valence-corrected chi connectivity index (χ1v) is 16.7. The van der Waals surface area contributed by atoms with E-state index in [1.54, 1.807) is 59.7 Å². The molecule has 49 heavy (non-hydrogen) atoms. The lowest BCUT2D eigenvalue weighted by molar-refractivity contribution is -0.159. The van der Waals surface area contributed by atoms with Crippen LogP contribution in [0.4, 0.5) is 4.79 Å². The maximum Gasteiger partial charge on any atom is 0.408 e. The summed E-state index contributed by atoms with van der Waals surface area (Å²) >= 11 is 0. The van der Waals surface area contributed by atoms with Crippen LogP contribution in [-0.2, 0) is 36.7 Å². The summed E-state index contributed by atoms with van der Waals surface area (Å²) in [6, 6.07) is 20.9. The van der Waals surface area contributed by atoms with E-state index in [9.17, 15) is 24.3 Å². The number of nitrogens with zero attached hydrogens (tertiary/aromatic N) is 1. The molecule has 0 radical (unpaired) electrons. The van der Waals surface area contributed by atoms with E-state index < -0.39 is 53.2 Å². The molecule has 0 aliphatic heterocycles. The second-order valence-electron chi connectivity index (χ2n) is 14.7. The van der Waals surface area contributed by atoms with Gasteiger partial charge in [0, 0.05) is 24.4 Å². The minimum atomic E-state index is -1.34. The quantitative estimate of drug-likeness (QED) is 0.205. The summed E-state index contributed by atoms with van der Waals surface area (Å²) in [5.74, 6) is -1.98. The average Bonchev–Trinajstić information content (AvgIpc) is 3.74. The van der Waals surface area contributed by atoms with E-state index in [0.29, 0.717) is 6.42 Å². The van der Waals surface area contributed by atoms with Crippen molar-refractivity contribution in [3.63, 3.8) is 0 Å². The van der Waals surface area contributed by atoms with Gasteiger partial charge in [0.2, 0.25) is 11.8 Å². The molecule has 10 heteroatoms. The number of alkyl carbamates (subject to hydrolysis) is 1. The summed E-state index contributed by atoms with van der Waals surface area (Å²) in [6.45, 7) is 12.4. The first-order valence-electron chi connectivity index (χ1n) is 16.7. The van der Waals surface area contributed by atoms with E-state index in [1.165, 1.54) is 11.0 Å². The SMILES string of the molecule is CC1CC1N(C(=O)C(Cc1ccccc1)NC(=O)OC(C)(C)C)C(C(=O)NC(Cc1ccccc1)C(=O)OC(C)(C)C)c1ccccc1O. The number of nitrogens with one attached hydrogen (secondary N) is 2. The highest BCUT2D eigenvalue weighted by molar-refractivity contribution is 5.95. The molecule has 1 saturated carbocycles. The molecule has 5 atom stereocenters. The molecule has 10 nitrogen and oxygen atoms in total. The molecule has 3 aromatic carbocycles. The van der Waals surface area contributed by atoms with Crippen LogP contribution >= 0.6 is 0 Å². The van der Waals surface area contributed by atoms with Gasteiger partial charge in [-0.05, 0) is 71.1 Å². The van der Waals surface area contributed by atoms with Crippen LogP contribution in [0.2, 0.25) is 0 Å². The van der Waals surface area contributed by atoms with E-state index in [0.717, 1.165) is 11.1 Å². The number of carbonyl (C=O) groups excluding carboxylic acids is 4. The molecule has 0 aromatic heterocycles. The Morgan fingerprint density at radius 2 is 1.24 bits per heavy atom. The maximum absolute atomic E-state index is 14.8. The number of hydrogen-bond donors (Lipinski definition) is 3. The highest BCUT2D eigenvalue weighted by Crippen LogP contribution is 2.42. The summed E-state index contributed by atoms with van der Waals surface area (Å²) in [4.78, 5) is 57.5. The van der Waals surface area contributed by atoms with Crippen molar-refractivity contribution in [2.45, 2.75) is 103 Å². The number of amides is 3. The Bertz CT molecular complexity index is 1600. The lowest BCUT2D eigenvalue weighted by atomic mass is 9.98. The molecule has 4 rings (SSSR count). The minimum Gasteiger partial charge on any atom is -0.508 e. The number of ether oxygens (including phenoxy) is 2.